The summed E-state index contributed by atoms with van der Waals surface area (Å²) < 4.78 is 40.7. The molecule has 1 fully saturated rings. The quantitative estimate of drug-likeness (QED) is 0.0477. The van der Waals surface area contributed by atoms with Gasteiger partial charge in [-0.05, 0) is 71.3 Å². The Labute approximate surface area is 315 Å². The zero-order chi connectivity index (χ0) is 38.0. The molecule has 0 N–H and O–H groups in total. The predicted molar refractivity (Wildman–Crippen MR) is 225 cm³/mol. The average Bonchev–Trinajstić information content (AvgIpc) is 3.99. The molecule has 0 amide bonds. The fourth-order valence-electron chi connectivity index (χ4n) is 6.17. The highest BCUT2D eigenvalue weighted by Crippen LogP contribution is 2.59. The van der Waals surface area contributed by atoms with Crippen LogP contribution in [0.15, 0.2) is 23.3 Å². The van der Waals surface area contributed by atoms with E-state index in [-0.39, 0.29) is 11.0 Å². The van der Waals surface area contributed by atoms with Crippen molar-refractivity contribution in [2.45, 2.75) is 201 Å². The van der Waals surface area contributed by atoms with Gasteiger partial charge in [-0.2, -0.15) is 8.42 Å². The van der Waals surface area contributed by atoms with Gasteiger partial charge in [-0.15, -0.1) is 0 Å². The van der Waals surface area contributed by atoms with Crippen LogP contribution >= 0.6 is 0 Å². The van der Waals surface area contributed by atoms with Crippen LogP contribution in [0.1, 0.15) is 159 Å². The Morgan fingerprint density at radius 1 is 0.800 bits per heavy atom. The van der Waals surface area contributed by atoms with Gasteiger partial charge in [0.05, 0.1) is 61.2 Å². The first-order valence-corrected chi connectivity index (χ1v) is 28.5. The largest absolute Gasteiger partial charge is 1.00 e. The van der Waals surface area contributed by atoms with Crippen molar-refractivity contribution in [3.63, 3.8) is 0 Å². The highest BCUT2D eigenvalue weighted by molar-refractivity contribution is 7.86. The molecule has 3 aliphatic rings. The Kier molecular flexibility index (Phi) is 32.4. The lowest BCUT2D eigenvalue weighted by Crippen LogP contribution is -3.00. The second kappa shape index (κ2) is 30.0. The molecule has 0 saturated heterocycles. The van der Waals surface area contributed by atoms with Crippen molar-refractivity contribution in [1.29, 1.82) is 0 Å². The second-order valence-corrected chi connectivity index (χ2v) is 26.4. The van der Waals surface area contributed by atoms with E-state index in [1.54, 1.807) is 11.1 Å². The molecule has 0 aromatic rings. The maximum absolute atomic E-state index is 11.8. The minimum absolute atomic E-state index is 0. The molecule has 3 rings (SSSR count). The number of rotatable bonds is 22. The fourth-order valence-corrected chi connectivity index (χ4v) is 12.7. The summed E-state index contributed by atoms with van der Waals surface area (Å²) in [5.74, 6) is 0. The molecule has 0 aromatic heterocycles. The highest BCUT2D eigenvalue weighted by Gasteiger charge is 2.60. The van der Waals surface area contributed by atoms with Gasteiger partial charge in [-0.3, -0.25) is 8.57 Å². The Hall–Kier alpha value is -0.356. The third kappa shape index (κ3) is 31.2. The van der Waals surface area contributed by atoms with Gasteiger partial charge < -0.3 is 9.19 Å². The van der Waals surface area contributed by atoms with Crippen molar-refractivity contribution in [3.8, 4) is 0 Å². The summed E-state index contributed by atoms with van der Waals surface area (Å²) in [6, 6.07) is 2.46. The fraction of sp³-hybridized carbons (Fsp3) is 0.902. The molecule has 302 valence electrons. The van der Waals surface area contributed by atoms with E-state index >= 15 is 0 Å². The first-order chi connectivity index (χ1) is 22.9. The molecule has 0 heterocycles. The first-order valence-electron chi connectivity index (χ1n) is 20.6. The van der Waals surface area contributed by atoms with Gasteiger partial charge >= 0.3 is 0 Å². The van der Waals surface area contributed by atoms with Crippen molar-refractivity contribution in [2.75, 3.05) is 38.7 Å². The Bertz CT molecular complexity index is 935. The van der Waals surface area contributed by atoms with E-state index in [0.29, 0.717) is 5.54 Å². The van der Waals surface area contributed by atoms with Crippen molar-refractivity contribution < 1.29 is 26.2 Å². The number of allylic oxidation sites excluding steroid dienone is 4. The SMILES string of the molecule is CC1=CC1.CC1=CC1.CCCC[N+](CCCC)(CCCC)CCCC.CCCC[SiH](C)CF.CCCC[Si](C)(C)C1CC1(C)OS(C)(=O)=O.[F-]. The molecule has 0 aromatic carbocycles. The van der Waals surface area contributed by atoms with Crippen molar-refractivity contribution in [1.82, 2.24) is 0 Å². The van der Waals surface area contributed by atoms with Gasteiger partial charge in [-0.1, -0.05) is 148 Å². The highest BCUT2D eigenvalue weighted by atomic mass is 32.2. The van der Waals surface area contributed by atoms with E-state index in [1.807, 2.05) is 6.92 Å². The monoisotopic (exact) mass is 768 g/mol. The van der Waals surface area contributed by atoms with Crippen LogP contribution in [-0.4, -0.2) is 74.1 Å². The number of quaternary nitrogens is 1. The molecule has 4 nitrogen and oxygen atoms in total. The number of halogens is 2. The smallest absolute Gasteiger partial charge is 0.264 e. The number of alkyl halides is 1. The van der Waals surface area contributed by atoms with Crippen molar-refractivity contribution >= 4 is 27.0 Å². The van der Waals surface area contributed by atoms with Gasteiger partial charge in [0.1, 0.15) is 0 Å². The molecule has 3 unspecified atom stereocenters. The standard InChI is InChI=1S/C16H36N.C11H24O3SSi.C6H15FSi.2C4H6.FH/c1-5-9-13-17(14-10-6-2,15-11-7-3)16-12-8-4;1-6-7-8-16(4,5)10-9-11(10,2)14-15(3,12)13;1-3-4-5-8(2)6-7;2*1-4-2-3-4;/h5-16H2,1-4H3;10H,6-9H2,1-5H3;8H,3-6H2,1-2H3;2*2H,3H2,1H3;1H/q+1;;;;;/p-1. The first kappa shape index (κ1) is 54.0. The molecular weight excluding hydrogens is 681 g/mol. The zero-order valence-electron chi connectivity index (χ0n) is 35.7. The molecule has 3 atom stereocenters. The van der Waals surface area contributed by atoms with Crippen molar-refractivity contribution in [2.24, 2.45) is 0 Å². The molecule has 3 aliphatic carbocycles. The molecule has 9 heteroatoms. The van der Waals surface area contributed by atoms with Crippen LogP contribution < -0.4 is 4.70 Å². The minimum Gasteiger partial charge on any atom is -1.00 e. The van der Waals surface area contributed by atoms with Crippen LogP contribution in [0.5, 0.6) is 0 Å². The van der Waals surface area contributed by atoms with E-state index in [2.05, 4.69) is 87.2 Å². The van der Waals surface area contributed by atoms with Crippen LogP contribution in [0.3, 0.4) is 0 Å². The third-order valence-electron chi connectivity index (χ3n) is 10.1. The lowest BCUT2D eigenvalue weighted by Gasteiger charge is -2.39. The predicted octanol–water partition coefficient (Wildman–Crippen LogP) is 9.84. The van der Waals surface area contributed by atoms with Gasteiger partial charge in [-0.25, -0.2) is 0 Å². The summed E-state index contributed by atoms with van der Waals surface area (Å²) in [7, 11) is -5.49. The Morgan fingerprint density at radius 2 is 1.14 bits per heavy atom. The summed E-state index contributed by atoms with van der Waals surface area (Å²) in [5.41, 5.74) is 3.19. The van der Waals surface area contributed by atoms with Crippen LogP contribution in [-0.2, 0) is 14.3 Å². The third-order valence-corrected chi connectivity index (χ3v) is 17.1. The summed E-state index contributed by atoms with van der Waals surface area (Å²) in [6.45, 7) is 32.4. The normalized spacial score (nSPS) is 19.2. The molecule has 0 spiro atoms. The molecule has 0 bridgehead atoms. The average molecular weight is 768 g/mol. The lowest BCUT2D eigenvalue weighted by molar-refractivity contribution is -0.929. The topological polar surface area (TPSA) is 43.4 Å². The molecule has 1 saturated carbocycles. The van der Waals surface area contributed by atoms with Crippen molar-refractivity contribution in [3.05, 3.63) is 23.3 Å². The number of unbranched alkanes of at least 4 members (excludes halogenated alkanes) is 6. The molecule has 0 radical (unpaired) electrons. The Morgan fingerprint density at radius 3 is 1.40 bits per heavy atom. The molecule has 50 heavy (non-hydrogen) atoms. The van der Waals surface area contributed by atoms with E-state index in [9.17, 15) is 12.8 Å². The van der Waals surface area contributed by atoms with Gasteiger partial charge in [0.15, 0.2) is 0 Å². The number of hydrogen-bond donors (Lipinski definition) is 0. The van der Waals surface area contributed by atoms with E-state index in [1.165, 1.54) is 133 Å². The van der Waals surface area contributed by atoms with E-state index in [4.69, 9.17) is 4.18 Å². The summed E-state index contributed by atoms with van der Waals surface area (Å²) >= 11 is 0. The second-order valence-electron chi connectivity index (χ2n) is 16.5. The number of nitrogens with zero attached hydrogens (tertiary/aromatic N) is 1. The molecule has 0 aliphatic heterocycles. The maximum atomic E-state index is 11.8. The van der Waals surface area contributed by atoms with Gasteiger partial charge in [0.2, 0.25) is 0 Å². The van der Waals surface area contributed by atoms with Crippen LogP contribution in [0.2, 0.25) is 37.3 Å². The lowest BCUT2D eigenvalue weighted by atomic mass is 10.1. The van der Waals surface area contributed by atoms with Gasteiger partial charge in [0, 0.05) is 0 Å². The minimum atomic E-state index is -3.31. The number of hydrogen-bond acceptors (Lipinski definition) is 3. The summed E-state index contributed by atoms with van der Waals surface area (Å²) in [5, 5.41) is 0. The van der Waals surface area contributed by atoms with Crippen LogP contribution in [0.25, 0.3) is 0 Å². The van der Waals surface area contributed by atoms with Crippen LogP contribution in [0, 0.1) is 0 Å². The van der Waals surface area contributed by atoms with Gasteiger partial charge in [0.25, 0.3) is 10.1 Å². The van der Waals surface area contributed by atoms with E-state index < -0.39 is 32.6 Å². The summed E-state index contributed by atoms with van der Waals surface area (Å²) in [4.78, 5) is 0. The van der Waals surface area contributed by atoms with Crippen LogP contribution in [0.4, 0.5) is 4.39 Å². The zero-order valence-corrected chi connectivity index (χ0v) is 38.7. The molecular formula is C41H87F2NO3SSi2. The maximum Gasteiger partial charge on any atom is 0.264 e. The summed E-state index contributed by atoms with van der Waals surface area (Å²) in [6.07, 6.45) is 25.0. The Balaban J connectivity index is -0.000000609. The van der Waals surface area contributed by atoms with E-state index in [0.717, 1.165) is 12.7 Å².